The number of nitrogens with one attached hydrogen (secondary N) is 1. The Balaban J connectivity index is 1.26. The Morgan fingerprint density at radius 3 is 2.14 bits per heavy atom. The third-order valence-corrected chi connectivity index (χ3v) is 11.5. The number of nitrogens with zero attached hydrogens (tertiary/aromatic N) is 4. The van der Waals surface area contributed by atoms with Crippen LogP contribution in [0.1, 0.15) is 29.8 Å². The van der Waals surface area contributed by atoms with Crippen LogP contribution in [0.2, 0.25) is 0 Å². The molecule has 1 aliphatic carbocycles. The SMILES string of the molecule is COC1(c2ncc3sc(N4CCN(S(=O)(=O)c5ccc(OC(F)(F)F)cc5)[C@@H](C(=O)NCc5ccc(OC(F)(F)F)cc5)C4)c(C)c3n2)CC1. The molecule has 268 valence electrons. The molecular weight excluding hydrogens is 716 g/mol. The van der Waals surface area contributed by atoms with Crippen LogP contribution in [0.5, 0.6) is 11.5 Å². The smallest absolute Gasteiger partial charge is 0.406 e. The molecule has 0 radical (unpaired) electrons. The second-order valence-electron chi connectivity index (χ2n) is 11.6. The molecule has 0 bridgehead atoms. The average molecular weight is 746 g/mol. The number of piperazine rings is 1. The van der Waals surface area contributed by atoms with E-state index in [9.17, 15) is 39.6 Å². The van der Waals surface area contributed by atoms with E-state index in [0.717, 1.165) is 68.8 Å². The molecule has 4 aromatic rings. The molecule has 0 unspecified atom stereocenters. The Bertz CT molecular complexity index is 1980. The van der Waals surface area contributed by atoms with E-state index in [1.165, 1.54) is 23.5 Å². The number of benzene rings is 2. The number of aromatic nitrogens is 2. The summed E-state index contributed by atoms with van der Waals surface area (Å²) in [4.78, 5) is 24.5. The van der Waals surface area contributed by atoms with Gasteiger partial charge in [0.25, 0.3) is 0 Å². The first-order valence-electron chi connectivity index (χ1n) is 15.0. The standard InChI is InChI=1S/C31H29F6N5O6S2/c1-18-25-24(16-39-28(40-25)29(46-2)11-12-29)49-27(18)41-13-14-42(50(44,45)22-9-7-21(8-10-22)48-31(35,36)37)23(17-41)26(43)38-15-19-3-5-20(6-4-19)47-30(32,33)34/h3-10,16,23H,11-15,17H2,1-2H3,(H,38,43)/t23-/m1/s1. The van der Waals surface area contributed by atoms with Crippen LogP contribution in [0.4, 0.5) is 31.3 Å². The lowest BCUT2D eigenvalue weighted by molar-refractivity contribution is -0.275. The van der Waals surface area contributed by atoms with Gasteiger partial charge in [-0.1, -0.05) is 12.1 Å². The minimum absolute atomic E-state index is 0.103. The zero-order valence-corrected chi connectivity index (χ0v) is 28.0. The maximum Gasteiger partial charge on any atom is 0.573 e. The molecule has 1 amide bonds. The second-order valence-corrected chi connectivity index (χ2v) is 14.6. The van der Waals surface area contributed by atoms with Crippen LogP contribution in [-0.4, -0.2) is 74.1 Å². The number of hydrogen-bond donors (Lipinski definition) is 1. The predicted molar refractivity (Wildman–Crippen MR) is 168 cm³/mol. The van der Waals surface area contributed by atoms with Crippen LogP contribution in [0.25, 0.3) is 10.2 Å². The topological polar surface area (TPSA) is 123 Å². The summed E-state index contributed by atoms with van der Waals surface area (Å²) in [5.74, 6) is -1.21. The maximum atomic E-state index is 13.9. The lowest BCUT2D eigenvalue weighted by atomic mass is 10.1. The zero-order valence-electron chi connectivity index (χ0n) is 26.3. The van der Waals surface area contributed by atoms with Crippen molar-refractivity contribution in [2.75, 3.05) is 31.6 Å². The van der Waals surface area contributed by atoms with Crippen molar-refractivity contribution in [3.05, 3.63) is 71.7 Å². The van der Waals surface area contributed by atoms with Gasteiger partial charge in [0.05, 0.1) is 20.1 Å². The fourth-order valence-corrected chi connectivity index (χ4v) is 8.39. The van der Waals surface area contributed by atoms with Crippen molar-refractivity contribution in [2.24, 2.45) is 0 Å². The van der Waals surface area contributed by atoms with Gasteiger partial charge in [-0.25, -0.2) is 18.4 Å². The van der Waals surface area contributed by atoms with Gasteiger partial charge in [-0.15, -0.1) is 37.7 Å². The van der Waals surface area contributed by atoms with Gasteiger partial charge in [-0.2, -0.15) is 4.31 Å². The van der Waals surface area contributed by atoms with Gasteiger partial charge in [-0.05, 0) is 61.7 Å². The van der Waals surface area contributed by atoms with Crippen LogP contribution < -0.4 is 19.7 Å². The predicted octanol–water partition coefficient (Wildman–Crippen LogP) is 5.63. The van der Waals surface area contributed by atoms with Gasteiger partial charge in [0.15, 0.2) is 5.82 Å². The minimum atomic E-state index is -4.98. The molecule has 6 rings (SSSR count). The normalized spacial score (nSPS) is 18.2. The third kappa shape index (κ3) is 7.59. The maximum absolute atomic E-state index is 13.9. The van der Waals surface area contributed by atoms with Crippen LogP contribution in [0, 0.1) is 6.92 Å². The van der Waals surface area contributed by atoms with E-state index in [1.54, 1.807) is 13.3 Å². The Morgan fingerprint density at radius 1 is 0.980 bits per heavy atom. The summed E-state index contributed by atoms with van der Waals surface area (Å²) >= 11 is 1.38. The number of aryl methyl sites for hydroxylation is 1. The van der Waals surface area contributed by atoms with E-state index in [-0.39, 0.29) is 31.1 Å². The van der Waals surface area contributed by atoms with E-state index in [2.05, 4.69) is 19.8 Å². The first-order chi connectivity index (χ1) is 23.5. The van der Waals surface area contributed by atoms with Crippen LogP contribution in [0.3, 0.4) is 0 Å². The third-order valence-electron chi connectivity index (χ3n) is 8.35. The Labute approximate surface area is 285 Å². The summed E-state index contributed by atoms with van der Waals surface area (Å²) < 4.78 is 119. The molecule has 2 aliphatic rings. The lowest BCUT2D eigenvalue weighted by Gasteiger charge is -2.40. The second kappa shape index (κ2) is 13.2. The number of fused-ring (bicyclic) bond motifs is 1. The molecule has 1 N–H and O–H groups in total. The number of methoxy groups -OCH3 is 1. The van der Waals surface area contributed by atoms with Gasteiger partial charge >= 0.3 is 12.7 Å². The largest absolute Gasteiger partial charge is 0.573 e. The first kappa shape index (κ1) is 35.6. The Morgan fingerprint density at radius 2 is 1.58 bits per heavy atom. The van der Waals surface area contributed by atoms with Crippen molar-refractivity contribution in [3.63, 3.8) is 0 Å². The molecule has 1 atom stereocenters. The summed E-state index contributed by atoms with van der Waals surface area (Å²) in [6.07, 6.45) is -6.57. The molecule has 2 aromatic carbocycles. The van der Waals surface area contributed by atoms with Crippen LogP contribution in [0.15, 0.2) is 59.6 Å². The number of carbonyl (C=O) groups is 1. The fraction of sp³-hybridized carbons (Fsp3) is 0.387. The van der Waals surface area contributed by atoms with Crippen molar-refractivity contribution in [2.45, 2.75) is 55.6 Å². The highest BCUT2D eigenvalue weighted by Crippen LogP contribution is 2.48. The molecule has 1 saturated carbocycles. The van der Waals surface area contributed by atoms with Gasteiger partial charge < -0.3 is 24.4 Å². The molecule has 1 saturated heterocycles. The molecule has 3 heterocycles. The number of alkyl halides is 6. The van der Waals surface area contributed by atoms with Gasteiger partial charge in [-0.3, -0.25) is 4.79 Å². The minimum Gasteiger partial charge on any atom is -0.406 e. The van der Waals surface area contributed by atoms with Gasteiger partial charge in [0.2, 0.25) is 15.9 Å². The van der Waals surface area contributed by atoms with Crippen molar-refractivity contribution < 1.29 is 53.8 Å². The number of hydrogen-bond acceptors (Lipinski definition) is 10. The molecule has 0 spiro atoms. The van der Waals surface area contributed by atoms with E-state index >= 15 is 0 Å². The zero-order chi connectivity index (χ0) is 36.1. The van der Waals surface area contributed by atoms with Crippen molar-refractivity contribution in [1.29, 1.82) is 0 Å². The highest BCUT2D eigenvalue weighted by atomic mass is 32.2. The number of rotatable bonds is 10. The number of anilines is 1. The number of sulfonamides is 1. The van der Waals surface area contributed by atoms with Gasteiger partial charge in [0.1, 0.15) is 23.1 Å². The molecule has 11 nitrogen and oxygen atoms in total. The summed E-state index contributed by atoms with van der Waals surface area (Å²) in [6.45, 7) is 1.61. The Kier molecular flexibility index (Phi) is 9.38. The quantitative estimate of drug-likeness (QED) is 0.206. The highest BCUT2D eigenvalue weighted by molar-refractivity contribution is 7.89. The summed E-state index contributed by atoms with van der Waals surface area (Å²) in [7, 11) is -2.82. The summed E-state index contributed by atoms with van der Waals surface area (Å²) in [5.41, 5.74) is 1.40. The first-order valence-corrected chi connectivity index (χ1v) is 17.3. The molecule has 2 aromatic heterocycles. The number of halogens is 6. The van der Waals surface area contributed by atoms with Crippen LogP contribution >= 0.6 is 11.3 Å². The molecule has 2 fully saturated rings. The fourth-order valence-electron chi connectivity index (χ4n) is 5.67. The van der Waals surface area contributed by atoms with Crippen molar-refractivity contribution in [1.82, 2.24) is 19.6 Å². The molecular formula is C31H29F6N5O6S2. The van der Waals surface area contributed by atoms with Crippen molar-refractivity contribution in [3.8, 4) is 11.5 Å². The highest BCUT2D eigenvalue weighted by Gasteiger charge is 2.48. The average Bonchev–Trinajstić information content (AvgIpc) is 3.79. The number of thiophene rings is 1. The number of ether oxygens (including phenoxy) is 3. The van der Waals surface area contributed by atoms with E-state index in [1.807, 2.05) is 11.8 Å². The monoisotopic (exact) mass is 745 g/mol. The van der Waals surface area contributed by atoms with Crippen molar-refractivity contribution >= 4 is 42.5 Å². The van der Waals surface area contributed by atoms with Gasteiger partial charge in [0, 0.05) is 45.0 Å². The summed E-state index contributed by atoms with van der Waals surface area (Å²) in [5, 5.41) is 3.41. The summed E-state index contributed by atoms with van der Waals surface area (Å²) in [6, 6.07) is 7.13. The van der Waals surface area contributed by atoms with Crippen LogP contribution in [-0.2, 0) is 31.7 Å². The van der Waals surface area contributed by atoms with E-state index in [4.69, 9.17) is 9.72 Å². The van der Waals surface area contributed by atoms with E-state index in [0.29, 0.717) is 16.9 Å². The Hall–Kier alpha value is -4.20. The molecule has 50 heavy (non-hydrogen) atoms. The lowest BCUT2D eigenvalue weighted by Crippen LogP contribution is -2.60. The number of carbonyl (C=O) groups excluding carboxylic acids is 1. The van der Waals surface area contributed by atoms with E-state index < -0.39 is 51.8 Å². The number of amides is 1. The molecule has 1 aliphatic heterocycles. The molecule has 19 heteroatoms.